The number of rotatable bonds is 6. The zero-order valence-corrected chi connectivity index (χ0v) is 13.4. The van der Waals surface area contributed by atoms with Gasteiger partial charge in [0, 0.05) is 6.54 Å². The van der Waals surface area contributed by atoms with Crippen LogP contribution in [0.5, 0.6) is 0 Å². The quantitative estimate of drug-likeness (QED) is 0.820. The second-order valence-electron chi connectivity index (χ2n) is 5.54. The highest BCUT2D eigenvalue weighted by molar-refractivity contribution is 7.99. The van der Waals surface area contributed by atoms with Crippen molar-refractivity contribution in [3.05, 3.63) is 35.6 Å². The van der Waals surface area contributed by atoms with Gasteiger partial charge >= 0.3 is 0 Å². The molecule has 1 fully saturated rings. The van der Waals surface area contributed by atoms with Crippen LogP contribution < -0.4 is 5.32 Å². The Balaban J connectivity index is 1.47. The predicted molar refractivity (Wildman–Crippen MR) is 84.3 cm³/mol. The summed E-state index contributed by atoms with van der Waals surface area (Å²) in [6.45, 7) is 0.382. The number of hydrogen-bond donors (Lipinski definition) is 1. The van der Waals surface area contributed by atoms with Crippen molar-refractivity contribution in [1.29, 1.82) is 0 Å². The standard InChI is InChI=1S/C15H18FN5OS/c16-12-7-5-11(6-8-12)9-17-14(22)10-23-15-18-19-20-21(15)13-3-1-2-4-13/h5-8,13H,1-4,9-10H2,(H,17,22). The topological polar surface area (TPSA) is 72.7 Å². The Morgan fingerprint density at radius 1 is 1.30 bits per heavy atom. The maximum atomic E-state index is 12.8. The molecule has 1 saturated carbocycles. The number of benzene rings is 1. The zero-order valence-electron chi connectivity index (χ0n) is 12.6. The number of halogens is 1. The van der Waals surface area contributed by atoms with Gasteiger partial charge in [-0.3, -0.25) is 4.79 Å². The highest BCUT2D eigenvalue weighted by atomic mass is 32.2. The summed E-state index contributed by atoms with van der Waals surface area (Å²) in [6, 6.07) is 6.43. The van der Waals surface area contributed by atoms with E-state index in [0.717, 1.165) is 18.4 Å². The van der Waals surface area contributed by atoms with E-state index in [1.165, 1.54) is 36.7 Å². The normalized spacial score (nSPS) is 15.0. The van der Waals surface area contributed by atoms with Crippen LogP contribution in [0.25, 0.3) is 0 Å². The second kappa shape index (κ2) is 7.54. The molecule has 0 atom stereocenters. The number of nitrogens with zero attached hydrogens (tertiary/aromatic N) is 4. The molecule has 1 aliphatic carbocycles. The molecule has 8 heteroatoms. The lowest BCUT2D eigenvalue weighted by Gasteiger charge is -2.10. The van der Waals surface area contributed by atoms with E-state index in [4.69, 9.17) is 0 Å². The average molecular weight is 335 g/mol. The molecule has 0 radical (unpaired) electrons. The van der Waals surface area contributed by atoms with Crippen molar-refractivity contribution in [2.24, 2.45) is 0 Å². The highest BCUT2D eigenvalue weighted by Crippen LogP contribution is 2.31. The number of carbonyl (C=O) groups is 1. The molecule has 1 N–H and O–H groups in total. The maximum absolute atomic E-state index is 12.8. The molecule has 3 rings (SSSR count). The van der Waals surface area contributed by atoms with Crippen LogP contribution in [-0.2, 0) is 11.3 Å². The summed E-state index contributed by atoms with van der Waals surface area (Å²) in [6.07, 6.45) is 4.59. The van der Waals surface area contributed by atoms with Gasteiger partial charge in [0.1, 0.15) is 5.82 Å². The molecule has 23 heavy (non-hydrogen) atoms. The minimum atomic E-state index is -0.283. The SMILES string of the molecule is O=C(CSc1nnnn1C1CCCC1)NCc1ccc(F)cc1. The first-order valence-electron chi connectivity index (χ1n) is 7.64. The lowest BCUT2D eigenvalue weighted by Crippen LogP contribution is -2.24. The van der Waals surface area contributed by atoms with Gasteiger partial charge in [0.05, 0.1) is 11.8 Å². The summed E-state index contributed by atoms with van der Waals surface area (Å²) >= 11 is 1.34. The third-order valence-corrected chi connectivity index (χ3v) is 4.80. The molecule has 1 aromatic carbocycles. The maximum Gasteiger partial charge on any atom is 0.230 e. The third kappa shape index (κ3) is 4.28. The van der Waals surface area contributed by atoms with Crippen molar-refractivity contribution in [1.82, 2.24) is 25.5 Å². The van der Waals surface area contributed by atoms with Crippen LogP contribution in [0.3, 0.4) is 0 Å². The fraction of sp³-hybridized carbons (Fsp3) is 0.467. The fourth-order valence-electron chi connectivity index (χ4n) is 2.64. The van der Waals surface area contributed by atoms with Crippen LogP contribution in [0, 0.1) is 5.82 Å². The Morgan fingerprint density at radius 3 is 2.78 bits per heavy atom. The van der Waals surface area contributed by atoms with Gasteiger partial charge in [-0.15, -0.1) is 5.10 Å². The predicted octanol–water partition coefficient (Wildman–Crippen LogP) is 2.34. The number of aromatic nitrogens is 4. The number of thioether (sulfide) groups is 1. The summed E-state index contributed by atoms with van der Waals surface area (Å²) in [5.74, 6) is -0.122. The minimum absolute atomic E-state index is 0.0969. The van der Waals surface area contributed by atoms with E-state index in [9.17, 15) is 9.18 Å². The van der Waals surface area contributed by atoms with Crippen LogP contribution in [-0.4, -0.2) is 31.9 Å². The van der Waals surface area contributed by atoms with E-state index < -0.39 is 0 Å². The van der Waals surface area contributed by atoms with Gasteiger partial charge in [-0.1, -0.05) is 36.7 Å². The Labute approximate surface area is 137 Å². The molecule has 1 aliphatic rings. The Morgan fingerprint density at radius 2 is 2.04 bits per heavy atom. The number of nitrogens with one attached hydrogen (secondary N) is 1. The Bertz CT molecular complexity index is 654. The molecule has 1 amide bonds. The van der Waals surface area contributed by atoms with Gasteiger partial charge in [-0.25, -0.2) is 9.07 Å². The van der Waals surface area contributed by atoms with Crippen LogP contribution >= 0.6 is 11.8 Å². The van der Waals surface area contributed by atoms with E-state index in [1.807, 2.05) is 4.68 Å². The smallest absolute Gasteiger partial charge is 0.230 e. The average Bonchev–Trinajstić information content (AvgIpc) is 3.23. The van der Waals surface area contributed by atoms with Crippen molar-refractivity contribution >= 4 is 17.7 Å². The number of carbonyl (C=O) groups excluding carboxylic acids is 1. The van der Waals surface area contributed by atoms with Crippen LogP contribution in [0.1, 0.15) is 37.3 Å². The summed E-state index contributed by atoms with van der Waals surface area (Å²) in [7, 11) is 0. The lowest BCUT2D eigenvalue weighted by atomic mass is 10.2. The molecule has 0 aliphatic heterocycles. The van der Waals surface area contributed by atoms with E-state index in [0.29, 0.717) is 17.7 Å². The minimum Gasteiger partial charge on any atom is -0.351 e. The van der Waals surface area contributed by atoms with Gasteiger partial charge in [0.25, 0.3) is 0 Å². The summed E-state index contributed by atoms with van der Waals surface area (Å²) in [5.41, 5.74) is 0.862. The molecule has 1 aromatic heterocycles. The van der Waals surface area contributed by atoms with Gasteiger partial charge in [-0.05, 0) is 41.0 Å². The van der Waals surface area contributed by atoms with Gasteiger partial charge < -0.3 is 5.32 Å². The molecule has 0 spiro atoms. The first kappa shape index (κ1) is 15.9. The number of hydrogen-bond acceptors (Lipinski definition) is 5. The van der Waals surface area contributed by atoms with Crippen LogP contribution in [0.4, 0.5) is 4.39 Å². The molecular weight excluding hydrogens is 317 g/mol. The second-order valence-corrected chi connectivity index (χ2v) is 6.48. The lowest BCUT2D eigenvalue weighted by molar-refractivity contribution is -0.118. The van der Waals surface area contributed by atoms with E-state index in [-0.39, 0.29) is 17.5 Å². The third-order valence-electron chi connectivity index (χ3n) is 3.87. The van der Waals surface area contributed by atoms with Crippen LogP contribution in [0.15, 0.2) is 29.4 Å². The first-order chi connectivity index (χ1) is 11.2. The Kier molecular flexibility index (Phi) is 5.22. The van der Waals surface area contributed by atoms with E-state index in [2.05, 4.69) is 20.8 Å². The highest BCUT2D eigenvalue weighted by Gasteiger charge is 2.21. The number of tetrazole rings is 1. The molecule has 1 heterocycles. The molecule has 0 saturated heterocycles. The fourth-order valence-corrected chi connectivity index (χ4v) is 3.42. The monoisotopic (exact) mass is 335 g/mol. The van der Waals surface area contributed by atoms with Crippen molar-refractivity contribution in [2.75, 3.05) is 5.75 Å². The van der Waals surface area contributed by atoms with Crippen molar-refractivity contribution in [3.63, 3.8) is 0 Å². The summed E-state index contributed by atoms with van der Waals surface area (Å²) < 4.78 is 14.7. The van der Waals surface area contributed by atoms with Gasteiger partial charge in [0.2, 0.25) is 11.1 Å². The molecule has 122 valence electrons. The zero-order chi connectivity index (χ0) is 16.1. The van der Waals surface area contributed by atoms with Crippen LogP contribution in [0.2, 0.25) is 0 Å². The summed E-state index contributed by atoms with van der Waals surface area (Å²) in [5, 5.41) is 15.3. The van der Waals surface area contributed by atoms with Crippen molar-refractivity contribution < 1.29 is 9.18 Å². The molecule has 6 nitrogen and oxygen atoms in total. The van der Waals surface area contributed by atoms with Gasteiger partial charge in [-0.2, -0.15) is 0 Å². The number of amides is 1. The molecule has 0 unspecified atom stereocenters. The first-order valence-corrected chi connectivity index (χ1v) is 8.63. The summed E-state index contributed by atoms with van der Waals surface area (Å²) in [4.78, 5) is 11.9. The van der Waals surface area contributed by atoms with E-state index in [1.54, 1.807) is 12.1 Å². The van der Waals surface area contributed by atoms with Crippen molar-refractivity contribution in [3.8, 4) is 0 Å². The Hall–Kier alpha value is -1.96. The molecule has 0 bridgehead atoms. The molecule has 2 aromatic rings. The van der Waals surface area contributed by atoms with Gasteiger partial charge in [0.15, 0.2) is 0 Å². The van der Waals surface area contributed by atoms with Crippen molar-refractivity contribution in [2.45, 2.75) is 43.4 Å². The largest absolute Gasteiger partial charge is 0.351 e. The van der Waals surface area contributed by atoms with E-state index >= 15 is 0 Å². The molecular formula is C15H18FN5OS.